The Hall–Kier alpha value is -1.66. The summed E-state index contributed by atoms with van der Waals surface area (Å²) in [5.41, 5.74) is 0.0232. The molecule has 0 spiro atoms. The molecule has 1 aliphatic heterocycles. The van der Waals surface area contributed by atoms with Crippen molar-refractivity contribution in [1.29, 1.82) is 0 Å². The Labute approximate surface area is 182 Å². The smallest absolute Gasteiger partial charge is 0.145 e. The Balaban J connectivity index is 1.35. The normalized spacial score (nSPS) is 30.2. The van der Waals surface area contributed by atoms with Gasteiger partial charge in [0.1, 0.15) is 23.8 Å². The first-order valence-corrected chi connectivity index (χ1v) is 11.1. The van der Waals surface area contributed by atoms with Gasteiger partial charge in [0.25, 0.3) is 0 Å². The maximum absolute atomic E-state index is 13.6. The Kier molecular flexibility index (Phi) is 6.63. The molecule has 162 valence electrons. The van der Waals surface area contributed by atoms with Crippen LogP contribution in [-0.2, 0) is 0 Å². The zero-order valence-corrected chi connectivity index (χ0v) is 17.8. The van der Waals surface area contributed by atoms with Gasteiger partial charge in [-0.05, 0) is 55.7 Å². The molecule has 2 aromatic rings. The van der Waals surface area contributed by atoms with Gasteiger partial charge in [0.05, 0.1) is 11.1 Å². The van der Waals surface area contributed by atoms with Crippen molar-refractivity contribution in [2.24, 2.45) is 0 Å². The van der Waals surface area contributed by atoms with Crippen molar-refractivity contribution in [2.45, 2.75) is 55.8 Å². The first-order valence-electron chi connectivity index (χ1n) is 10.7. The quantitative estimate of drug-likeness (QED) is 0.734. The summed E-state index contributed by atoms with van der Waals surface area (Å²) in [6.07, 6.45) is 4.04. The van der Waals surface area contributed by atoms with Gasteiger partial charge in [-0.3, -0.25) is 4.90 Å². The molecule has 2 N–H and O–H groups in total. The highest BCUT2D eigenvalue weighted by Gasteiger charge is 2.44. The number of hydrogen-bond acceptors (Lipinski definition) is 4. The van der Waals surface area contributed by atoms with E-state index in [9.17, 15) is 14.6 Å². The fourth-order valence-corrected chi connectivity index (χ4v) is 4.94. The highest BCUT2D eigenvalue weighted by Crippen LogP contribution is 2.36. The number of halogens is 2. The second-order valence-electron chi connectivity index (χ2n) is 8.66. The lowest BCUT2D eigenvalue weighted by molar-refractivity contribution is -0.147. The molecule has 0 amide bonds. The van der Waals surface area contributed by atoms with Crippen LogP contribution in [0.15, 0.2) is 48.5 Å². The molecule has 4 rings (SSSR count). The van der Waals surface area contributed by atoms with Crippen molar-refractivity contribution < 1.29 is 19.3 Å². The predicted octanol–water partition coefficient (Wildman–Crippen LogP) is 4.38. The maximum atomic E-state index is 13.6. The number of rotatable bonds is 5. The summed E-state index contributed by atoms with van der Waals surface area (Å²) in [5.74, 6) is 0.319. The molecule has 4 nitrogen and oxygen atoms in total. The average Bonchev–Trinajstić information content (AvgIpc) is 2.77. The number of ether oxygens (including phenoxy) is 1. The van der Waals surface area contributed by atoms with Crippen molar-refractivity contribution in [3.05, 3.63) is 64.9 Å². The van der Waals surface area contributed by atoms with E-state index in [1.54, 1.807) is 6.07 Å². The maximum Gasteiger partial charge on any atom is 0.145 e. The van der Waals surface area contributed by atoms with E-state index in [0.717, 1.165) is 32.2 Å². The number of hydrogen-bond donors (Lipinski definition) is 2. The van der Waals surface area contributed by atoms with Crippen molar-refractivity contribution in [3.8, 4) is 5.75 Å². The number of piperidine rings is 1. The van der Waals surface area contributed by atoms with Crippen molar-refractivity contribution in [2.75, 3.05) is 19.7 Å². The van der Waals surface area contributed by atoms with Crippen LogP contribution in [-0.4, -0.2) is 52.6 Å². The van der Waals surface area contributed by atoms with Crippen LogP contribution < -0.4 is 4.74 Å². The van der Waals surface area contributed by atoms with Crippen molar-refractivity contribution in [1.82, 2.24) is 4.90 Å². The van der Waals surface area contributed by atoms with E-state index in [0.29, 0.717) is 24.9 Å². The van der Waals surface area contributed by atoms with Crippen LogP contribution in [0, 0.1) is 5.82 Å². The lowest BCUT2D eigenvalue weighted by Gasteiger charge is -2.46. The Morgan fingerprint density at radius 3 is 2.50 bits per heavy atom. The van der Waals surface area contributed by atoms with Crippen LogP contribution in [0.25, 0.3) is 0 Å². The number of β-amino-alcohol motifs (C(OH)–C–C–N with tert-alkyl or cyclic N) is 1. The van der Waals surface area contributed by atoms with E-state index < -0.39 is 17.5 Å². The lowest BCUT2D eigenvalue weighted by Crippen LogP contribution is -2.62. The Morgan fingerprint density at radius 2 is 1.80 bits per heavy atom. The Morgan fingerprint density at radius 1 is 1.07 bits per heavy atom. The number of benzene rings is 2. The minimum Gasteiger partial charge on any atom is -0.490 e. The molecular weight excluding hydrogens is 405 g/mol. The molecule has 1 saturated carbocycles. The summed E-state index contributed by atoms with van der Waals surface area (Å²) in [4.78, 5) is 2.29. The third-order valence-corrected chi connectivity index (χ3v) is 6.96. The molecule has 6 heteroatoms. The number of aliphatic hydroxyl groups excluding tert-OH is 1. The first kappa shape index (κ1) is 21.6. The van der Waals surface area contributed by atoms with Gasteiger partial charge in [-0.15, -0.1) is 0 Å². The molecule has 0 bridgehead atoms. The van der Waals surface area contributed by atoms with Gasteiger partial charge in [0, 0.05) is 25.2 Å². The molecule has 1 saturated heterocycles. The molecule has 1 heterocycles. The zero-order valence-electron chi connectivity index (χ0n) is 17.0. The van der Waals surface area contributed by atoms with Gasteiger partial charge in [-0.2, -0.15) is 0 Å². The summed E-state index contributed by atoms with van der Waals surface area (Å²) in [6, 6.07) is 15.2. The summed E-state index contributed by atoms with van der Waals surface area (Å²) in [6.45, 7) is 1.02. The molecule has 0 unspecified atom stereocenters. The number of aliphatic hydroxyl groups is 2. The van der Waals surface area contributed by atoms with Crippen molar-refractivity contribution in [3.63, 3.8) is 0 Å². The molecule has 30 heavy (non-hydrogen) atoms. The monoisotopic (exact) mass is 433 g/mol. The standard InChI is InChI=1S/C24H29ClFNO3/c25-21-11-10-20(14-22(21)26)30-16-24(29)15-27(13-12-23(24)28)19-8-6-18(7-9-19)17-4-2-1-3-5-17/h1-5,10-11,14,18-19,23,28-29H,6-9,12-13,15-16H2/t18?,19?,23-,24-/m0/s1. The Bertz CT molecular complexity index is 844. The van der Waals surface area contributed by atoms with Gasteiger partial charge in [-0.1, -0.05) is 41.9 Å². The third-order valence-electron chi connectivity index (χ3n) is 6.65. The van der Waals surface area contributed by atoms with Crippen LogP contribution in [0.3, 0.4) is 0 Å². The molecule has 2 fully saturated rings. The second-order valence-corrected chi connectivity index (χ2v) is 9.07. The van der Waals surface area contributed by atoms with Gasteiger partial charge >= 0.3 is 0 Å². The molecule has 0 radical (unpaired) electrons. The van der Waals surface area contributed by atoms with Gasteiger partial charge in [0.2, 0.25) is 0 Å². The summed E-state index contributed by atoms with van der Waals surface area (Å²) in [5, 5.41) is 21.6. The van der Waals surface area contributed by atoms with E-state index >= 15 is 0 Å². The molecule has 1 aliphatic carbocycles. The lowest BCUT2D eigenvalue weighted by atomic mass is 9.80. The molecule has 2 atom stereocenters. The molecule has 2 aliphatic rings. The van der Waals surface area contributed by atoms with Crippen LogP contribution in [0.2, 0.25) is 5.02 Å². The largest absolute Gasteiger partial charge is 0.490 e. The van der Waals surface area contributed by atoms with Crippen LogP contribution >= 0.6 is 11.6 Å². The minimum atomic E-state index is -1.38. The third kappa shape index (κ3) is 4.80. The fraction of sp³-hybridized carbons (Fsp3) is 0.500. The van der Waals surface area contributed by atoms with E-state index in [4.69, 9.17) is 16.3 Å². The molecule has 0 aromatic heterocycles. The van der Waals surface area contributed by atoms with Crippen molar-refractivity contribution >= 4 is 11.6 Å². The average molecular weight is 434 g/mol. The first-order chi connectivity index (χ1) is 14.4. The number of nitrogens with zero attached hydrogens (tertiary/aromatic N) is 1. The van der Waals surface area contributed by atoms with E-state index in [2.05, 4.69) is 35.2 Å². The van der Waals surface area contributed by atoms with Crippen LogP contribution in [0.5, 0.6) is 5.75 Å². The van der Waals surface area contributed by atoms with E-state index in [-0.39, 0.29) is 17.4 Å². The van der Waals surface area contributed by atoms with Crippen LogP contribution in [0.4, 0.5) is 4.39 Å². The minimum absolute atomic E-state index is 0.0241. The van der Waals surface area contributed by atoms with Gasteiger partial charge in [-0.25, -0.2) is 4.39 Å². The zero-order chi connectivity index (χ0) is 21.1. The highest BCUT2D eigenvalue weighted by atomic mass is 35.5. The summed E-state index contributed by atoms with van der Waals surface area (Å²) in [7, 11) is 0. The highest BCUT2D eigenvalue weighted by molar-refractivity contribution is 6.30. The van der Waals surface area contributed by atoms with E-state index in [1.807, 2.05) is 0 Å². The molecule has 2 aromatic carbocycles. The fourth-order valence-electron chi connectivity index (χ4n) is 4.82. The van der Waals surface area contributed by atoms with Gasteiger partial charge < -0.3 is 14.9 Å². The van der Waals surface area contributed by atoms with Gasteiger partial charge in [0.15, 0.2) is 0 Å². The summed E-state index contributed by atoms with van der Waals surface area (Å²) < 4.78 is 19.3. The van der Waals surface area contributed by atoms with E-state index in [1.165, 1.54) is 17.7 Å². The number of likely N-dealkylation sites (tertiary alicyclic amines) is 1. The summed E-state index contributed by atoms with van der Waals surface area (Å²) >= 11 is 5.71. The SMILES string of the molecule is O[C@H]1CCN(C2CCC(c3ccccc3)CC2)C[C@]1(O)COc1ccc(Cl)c(F)c1. The topological polar surface area (TPSA) is 52.9 Å². The molecular formula is C24H29ClFNO3. The second kappa shape index (κ2) is 9.23. The predicted molar refractivity (Wildman–Crippen MR) is 115 cm³/mol. The van der Waals surface area contributed by atoms with Crippen LogP contribution in [0.1, 0.15) is 43.6 Å².